The van der Waals surface area contributed by atoms with Crippen molar-refractivity contribution in [3.8, 4) is 0 Å². The van der Waals surface area contributed by atoms with Crippen LogP contribution in [0.1, 0.15) is 30.0 Å². The van der Waals surface area contributed by atoms with Crippen LogP contribution in [0.25, 0.3) is 0 Å². The van der Waals surface area contributed by atoms with Crippen LogP contribution in [0.3, 0.4) is 0 Å². The number of nitrogens with zero attached hydrogens (tertiary/aromatic N) is 3. The zero-order valence-corrected chi connectivity index (χ0v) is 13.1. The van der Waals surface area contributed by atoms with Gasteiger partial charge in [-0.25, -0.2) is 4.68 Å². The normalized spacial score (nSPS) is 13.5. The molecule has 24 heavy (non-hydrogen) atoms. The lowest BCUT2D eigenvalue weighted by Gasteiger charge is -2.09. The number of aromatic nitrogens is 2. The molecule has 0 unspecified atom stereocenters. The van der Waals surface area contributed by atoms with E-state index < -0.39 is 10.8 Å². The van der Waals surface area contributed by atoms with Gasteiger partial charge in [0, 0.05) is 29.8 Å². The van der Waals surface area contributed by atoms with Crippen molar-refractivity contribution < 1.29 is 9.72 Å². The standard InChI is InChI=1S/C16H16N4O4/c1-10-8-12(20(23)24)4-5-13(10)17-15(21)9-19-16(22)7-6-14(18-19)11-2-3-11/h4-8,11H,2-3,9H2,1H3,(H,17,21). The first-order valence-corrected chi connectivity index (χ1v) is 7.57. The highest BCUT2D eigenvalue weighted by molar-refractivity contribution is 5.91. The second kappa shape index (κ2) is 6.23. The van der Waals surface area contributed by atoms with Gasteiger partial charge in [-0.1, -0.05) is 0 Å². The van der Waals surface area contributed by atoms with Gasteiger partial charge in [0.2, 0.25) is 5.91 Å². The van der Waals surface area contributed by atoms with Crippen molar-refractivity contribution in [2.24, 2.45) is 0 Å². The number of anilines is 1. The van der Waals surface area contributed by atoms with E-state index in [2.05, 4.69) is 10.4 Å². The van der Waals surface area contributed by atoms with Gasteiger partial charge in [0.1, 0.15) is 6.54 Å². The Hall–Kier alpha value is -3.03. The molecule has 2 aromatic rings. The van der Waals surface area contributed by atoms with Crippen molar-refractivity contribution in [1.82, 2.24) is 9.78 Å². The number of hydrogen-bond donors (Lipinski definition) is 1. The first kappa shape index (κ1) is 15.9. The first-order chi connectivity index (χ1) is 11.4. The minimum Gasteiger partial charge on any atom is -0.324 e. The molecule has 0 saturated heterocycles. The monoisotopic (exact) mass is 328 g/mol. The zero-order valence-electron chi connectivity index (χ0n) is 13.1. The fourth-order valence-corrected chi connectivity index (χ4v) is 2.40. The van der Waals surface area contributed by atoms with Crippen LogP contribution in [-0.4, -0.2) is 20.6 Å². The van der Waals surface area contributed by atoms with Gasteiger partial charge in [0.15, 0.2) is 0 Å². The van der Waals surface area contributed by atoms with E-state index in [1.807, 2.05) is 0 Å². The zero-order chi connectivity index (χ0) is 17.3. The molecule has 0 bridgehead atoms. The van der Waals surface area contributed by atoms with Crippen molar-refractivity contribution in [2.75, 3.05) is 5.32 Å². The molecule has 1 aromatic carbocycles. The van der Waals surface area contributed by atoms with E-state index in [1.165, 1.54) is 24.3 Å². The number of carbonyl (C=O) groups excluding carboxylic acids is 1. The topological polar surface area (TPSA) is 107 Å². The fourth-order valence-electron chi connectivity index (χ4n) is 2.40. The molecule has 1 N–H and O–H groups in total. The number of non-ortho nitro benzene ring substituents is 1. The lowest BCUT2D eigenvalue weighted by atomic mass is 10.2. The summed E-state index contributed by atoms with van der Waals surface area (Å²) in [5.74, 6) is -0.0219. The lowest BCUT2D eigenvalue weighted by molar-refractivity contribution is -0.384. The Bertz CT molecular complexity index is 871. The van der Waals surface area contributed by atoms with Gasteiger partial charge in [-0.2, -0.15) is 5.10 Å². The Labute approximate surface area is 137 Å². The van der Waals surface area contributed by atoms with Crippen LogP contribution in [0.5, 0.6) is 0 Å². The quantitative estimate of drug-likeness (QED) is 0.667. The number of nitrogens with one attached hydrogen (secondary N) is 1. The van der Waals surface area contributed by atoms with Crippen molar-refractivity contribution in [3.63, 3.8) is 0 Å². The molecular formula is C16H16N4O4. The summed E-state index contributed by atoms with van der Waals surface area (Å²) in [5, 5.41) is 17.6. The number of hydrogen-bond acceptors (Lipinski definition) is 5. The summed E-state index contributed by atoms with van der Waals surface area (Å²) < 4.78 is 1.14. The highest BCUT2D eigenvalue weighted by Gasteiger charge is 2.25. The van der Waals surface area contributed by atoms with Crippen molar-refractivity contribution >= 4 is 17.3 Å². The lowest BCUT2D eigenvalue weighted by Crippen LogP contribution is -2.29. The molecule has 1 heterocycles. The number of aryl methyl sites for hydroxylation is 1. The fraction of sp³-hybridized carbons (Fsp3) is 0.312. The first-order valence-electron chi connectivity index (χ1n) is 7.57. The molecule has 8 nitrogen and oxygen atoms in total. The largest absolute Gasteiger partial charge is 0.324 e. The van der Waals surface area contributed by atoms with E-state index in [9.17, 15) is 19.7 Å². The van der Waals surface area contributed by atoms with Crippen LogP contribution < -0.4 is 10.9 Å². The summed E-state index contributed by atoms with van der Waals surface area (Å²) in [6.45, 7) is 1.47. The van der Waals surface area contributed by atoms with Gasteiger partial charge >= 0.3 is 0 Å². The third-order valence-corrected chi connectivity index (χ3v) is 3.87. The second-order valence-electron chi connectivity index (χ2n) is 5.83. The van der Waals surface area contributed by atoms with Gasteiger partial charge in [-0.15, -0.1) is 0 Å². The molecular weight excluding hydrogens is 312 g/mol. The molecule has 1 aliphatic carbocycles. The maximum Gasteiger partial charge on any atom is 0.269 e. The van der Waals surface area contributed by atoms with Crippen LogP contribution in [0.15, 0.2) is 35.1 Å². The predicted molar refractivity (Wildman–Crippen MR) is 86.9 cm³/mol. The summed E-state index contributed by atoms with van der Waals surface area (Å²) in [6.07, 6.45) is 2.11. The molecule has 1 saturated carbocycles. The minimum absolute atomic E-state index is 0.0412. The molecule has 1 fully saturated rings. The molecule has 1 aliphatic rings. The molecule has 3 rings (SSSR count). The van der Waals surface area contributed by atoms with Gasteiger partial charge in [-0.05, 0) is 37.5 Å². The molecule has 8 heteroatoms. The molecule has 1 amide bonds. The van der Waals surface area contributed by atoms with Gasteiger partial charge < -0.3 is 5.32 Å². The van der Waals surface area contributed by atoms with Gasteiger partial charge in [0.25, 0.3) is 11.2 Å². The third-order valence-electron chi connectivity index (χ3n) is 3.87. The Morgan fingerprint density at radius 2 is 2.12 bits per heavy atom. The van der Waals surface area contributed by atoms with Crippen LogP contribution in [0.4, 0.5) is 11.4 Å². The smallest absolute Gasteiger partial charge is 0.269 e. The summed E-state index contributed by atoms with van der Waals surface area (Å²) in [7, 11) is 0. The third kappa shape index (κ3) is 3.48. The number of rotatable bonds is 5. The van der Waals surface area contributed by atoms with Crippen LogP contribution in [-0.2, 0) is 11.3 Å². The average Bonchev–Trinajstić information content (AvgIpc) is 3.36. The van der Waals surface area contributed by atoms with E-state index in [1.54, 1.807) is 13.0 Å². The number of amides is 1. The summed E-state index contributed by atoms with van der Waals surface area (Å²) in [5.41, 5.74) is 1.49. The molecule has 0 atom stereocenters. The molecule has 1 aromatic heterocycles. The molecule has 0 radical (unpaired) electrons. The van der Waals surface area contributed by atoms with E-state index in [-0.39, 0.29) is 17.8 Å². The van der Waals surface area contributed by atoms with Crippen molar-refractivity contribution in [3.05, 3.63) is 62.1 Å². The summed E-state index contributed by atoms with van der Waals surface area (Å²) >= 11 is 0. The van der Waals surface area contributed by atoms with Gasteiger partial charge in [0.05, 0.1) is 10.6 Å². The van der Waals surface area contributed by atoms with E-state index in [0.29, 0.717) is 17.2 Å². The Balaban J connectivity index is 1.73. The summed E-state index contributed by atoms with van der Waals surface area (Å²) in [6, 6.07) is 7.30. The van der Waals surface area contributed by atoms with E-state index in [4.69, 9.17) is 0 Å². The highest BCUT2D eigenvalue weighted by Crippen LogP contribution is 2.38. The van der Waals surface area contributed by atoms with Crippen LogP contribution in [0.2, 0.25) is 0 Å². The Morgan fingerprint density at radius 3 is 2.75 bits per heavy atom. The van der Waals surface area contributed by atoms with E-state index >= 15 is 0 Å². The highest BCUT2D eigenvalue weighted by atomic mass is 16.6. The molecule has 0 spiro atoms. The van der Waals surface area contributed by atoms with E-state index in [0.717, 1.165) is 23.2 Å². The summed E-state index contributed by atoms with van der Waals surface area (Å²) in [4.78, 5) is 34.2. The maximum atomic E-state index is 12.2. The number of nitro benzene ring substituents is 1. The van der Waals surface area contributed by atoms with Gasteiger partial charge in [-0.3, -0.25) is 19.7 Å². The number of carbonyl (C=O) groups is 1. The number of nitro groups is 1. The van der Waals surface area contributed by atoms with Crippen molar-refractivity contribution in [2.45, 2.75) is 32.2 Å². The Morgan fingerprint density at radius 1 is 1.38 bits per heavy atom. The maximum absolute atomic E-state index is 12.2. The van der Waals surface area contributed by atoms with Crippen LogP contribution >= 0.6 is 0 Å². The molecule has 124 valence electrons. The SMILES string of the molecule is Cc1cc([N+](=O)[O-])ccc1NC(=O)Cn1nc(C2CC2)ccc1=O. The average molecular weight is 328 g/mol. The molecule has 0 aliphatic heterocycles. The second-order valence-corrected chi connectivity index (χ2v) is 5.83. The number of benzene rings is 1. The minimum atomic E-state index is -0.495. The Kier molecular flexibility index (Phi) is 4.11. The predicted octanol–water partition coefficient (Wildman–Crippen LogP) is 1.98. The van der Waals surface area contributed by atoms with Crippen LogP contribution in [0, 0.1) is 17.0 Å². The van der Waals surface area contributed by atoms with Crippen molar-refractivity contribution in [1.29, 1.82) is 0 Å².